The van der Waals surface area contributed by atoms with E-state index in [4.69, 9.17) is 5.11 Å². The van der Waals surface area contributed by atoms with Crippen molar-refractivity contribution in [2.75, 3.05) is 13.7 Å². The van der Waals surface area contributed by atoms with Gasteiger partial charge in [0.15, 0.2) is 0 Å². The van der Waals surface area contributed by atoms with E-state index >= 15 is 0 Å². The lowest BCUT2D eigenvalue weighted by Crippen LogP contribution is -2.46. The Morgan fingerprint density at radius 2 is 1.95 bits per heavy atom. The van der Waals surface area contributed by atoms with Gasteiger partial charge in [0.2, 0.25) is 5.91 Å². The fraction of sp³-hybridized carbons (Fsp3) is 0.750. The van der Waals surface area contributed by atoms with Gasteiger partial charge in [-0.05, 0) is 19.8 Å². The van der Waals surface area contributed by atoms with Crippen molar-refractivity contribution in [2.45, 2.75) is 45.2 Å². The molecule has 1 unspecified atom stereocenters. The number of carboxylic acid groups (broad SMARTS) is 1. The average Bonchev–Trinajstić information content (AvgIpc) is 2.39. The number of carbonyl (C=O) groups excluding carboxylic acids is 2. The summed E-state index contributed by atoms with van der Waals surface area (Å²) in [6.45, 7) is 3.96. The van der Waals surface area contributed by atoms with Crippen molar-refractivity contribution in [1.82, 2.24) is 10.6 Å². The van der Waals surface area contributed by atoms with Crippen LogP contribution in [0.5, 0.6) is 0 Å². The Kier molecular flexibility index (Phi) is 8.52. The molecule has 1 amide bonds. The van der Waals surface area contributed by atoms with Crippen molar-refractivity contribution in [3.63, 3.8) is 0 Å². The van der Waals surface area contributed by atoms with Gasteiger partial charge in [0, 0.05) is 12.5 Å². The van der Waals surface area contributed by atoms with Crippen LogP contribution in [-0.2, 0) is 19.1 Å². The normalized spacial score (nSPS) is 13.4. The largest absolute Gasteiger partial charge is 0.480 e. The lowest BCUT2D eigenvalue weighted by molar-refractivity contribution is -0.144. The van der Waals surface area contributed by atoms with Gasteiger partial charge in [0.25, 0.3) is 0 Å². The molecule has 0 aromatic heterocycles. The van der Waals surface area contributed by atoms with Crippen molar-refractivity contribution in [1.29, 1.82) is 0 Å². The highest BCUT2D eigenvalue weighted by Gasteiger charge is 2.21. The Labute approximate surface area is 112 Å². The maximum Gasteiger partial charge on any atom is 0.326 e. The van der Waals surface area contributed by atoms with Crippen LogP contribution >= 0.6 is 0 Å². The molecule has 0 aliphatic carbocycles. The third-order valence-electron chi connectivity index (χ3n) is 2.72. The standard InChI is InChI=1S/C12H22N2O5/c1-4-8(2)13-7-10(15)14-9(12(17)18)5-6-11(16)19-3/h8-9,13H,4-7H2,1-3H3,(H,14,15)(H,17,18)/t8?,9-/m0/s1. The van der Waals surface area contributed by atoms with E-state index in [1.807, 2.05) is 13.8 Å². The van der Waals surface area contributed by atoms with Gasteiger partial charge < -0.3 is 20.5 Å². The molecule has 2 atom stereocenters. The minimum atomic E-state index is -1.17. The molecule has 0 aliphatic rings. The smallest absolute Gasteiger partial charge is 0.326 e. The molecule has 0 rings (SSSR count). The minimum absolute atomic E-state index is 0.0110. The van der Waals surface area contributed by atoms with Crippen LogP contribution in [-0.4, -0.2) is 48.7 Å². The number of nitrogens with one attached hydrogen (secondary N) is 2. The summed E-state index contributed by atoms with van der Waals surface area (Å²) in [6.07, 6.45) is 0.835. The van der Waals surface area contributed by atoms with Crippen LogP contribution in [0.4, 0.5) is 0 Å². The van der Waals surface area contributed by atoms with Gasteiger partial charge in [-0.1, -0.05) is 6.92 Å². The Bertz CT molecular complexity index is 319. The Hall–Kier alpha value is -1.63. The summed E-state index contributed by atoms with van der Waals surface area (Å²) in [5.41, 5.74) is 0. The molecule has 0 bridgehead atoms. The van der Waals surface area contributed by atoms with Crippen LogP contribution < -0.4 is 10.6 Å². The van der Waals surface area contributed by atoms with Gasteiger partial charge >= 0.3 is 11.9 Å². The number of hydrogen-bond acceptors (Lipinski definition) is 5. The van der Waals surface area contributed by atoms with Crippen molar-refractivity contribution in [2.24, 2.45) is 0 Å². The van der Waals surface area contributed by atoms with Gasteiger partial charge in [-0.15, -0.1) is 0 Å². The number of carboxylic acids is 1. The first-order chi connectivity index (χ1) is 8.90. The predicted molar refractivity (Wildman–Crippen MR) is 68.6 cm³/mol. The number of esters is 1. The van der Waals surface area contributed by atoms with E-state index < -0.39 is 23.9 Å². The van der Waals surface area contributed by atoms with Gasteiger partial charge in [0.05, 0.1) is 13.7 Å². The van der Waals surface area contributed by atoms with Crippen LogP contribution in [0.2, 0.25) is 0 Å². The summed E-state index contributed by atoms with van der Waals surface area (Å²) in [7, 11) is 1.23. The minimum Gasteiger partial charge on any atom is -0.480 e. The van der Waals surface area contributed by atoms with E-state index in [1.54, 1.807) is 0 Å². The molecule has 0 saturated heterocycles. The Morgan fingerprint density at radius 3 is 2.42 bits per heavy atom. The highest BCUT2D eigenvalue weighted by atomic mass is 16.5. The third-order valence-corrected chi connectivity index (χ3v) is 2.72. The monoisotopic (exact) mass is 274 g/mol. The molecule has 7 nitrogen and oxygen atoms in total. The third kappa shape index (κ3) is 8.15. The second kappa shape index (κ2) is 9.32. The van der Waals surface area contributed by atoms with Crippen molar-refractivity contribution in [3.05, 3.63) is 0 Å². The number of hydrogen-bond donors (Lipinski definition) is 3. The molecule has 0 radical (unpaired) electrons. The predicted octanol–water partition coefficient (Wildman–Crippen LogP) is -0.103. The Morgan fingerprint density at radius 1 is 1.32 bits per heavy atom. The molecule has 0 aliphatic heterocycles. The Balaban J connectivity index is 4.15. The molecule has 0 saturated carbocycles. The van der Waals surface area contributed by atoms with E-state index in [0.717, 1.165) is 6.42 Å². The lowest BCUT2D eigenvalue weighted by Gasteiger charge is -2.15. The number of rotatable bonds is 9. The highest BCUT2D eigenvalue weighted by Crippen LogP contribution is 1.99. The second-order valence-corrected chi connectivity index (χ2v) is 4.26. The molecule has 19 heavy (non-hydrogen) atoms. The van der Waals surface area contributed by atoms with Crippen LogP contribution in [0.1, 0.15) is 33.1 Å². The fourth-order valence-electron chi connectivity index (χ4n) is 1.28. The molecule has 0 spiro atoms. The van der Waals surface area contributed by atoms with E-state index in [1.165, 1.54) is 7.11 Å². The fourth-order valence-corrected chi connectivity index (χ4v) is 1.28. The van der Waals surface area contributed by atoms with Gasteiger partial charge in [0.1, 0.15) is 6.04 Å². The van der Waals surface area contributed by atoms with E-state index in [0.29, 0.717) is 0 Å². The summed E-state index contributed by atoms with van der Waals surface area (Å²) < 4.78 is 4.42. The zero-order valence-electron chi connectivity index (χ0n) is 11.6. The van der Waals surface area contributed by atoms with E-state index in [9.17, 15) is 14.4 Å². The van der Waals surface area contributed by atoms with Gasteiger partial charge in [-0.3, -0.25) is 9.59 Å². The molecule has 0 heterocycles. The first-order valence-corrected chi connectivity index (χ1v) is 6.23. The van der Waals surface area contributed by atoms with Crippen molar-refractivity contribution >= 4 is 17.8 Å². The van der Waals surface area contributed by atoms with Crippen LogP contribution in [0.25, 0.3) is 0 Å². The zero-order valence-corrected chi connectivity index (χ0v) is 11.6. The molecule has 7 heteroatoms. The molecule has 0 aromatic carbocycles. The number of amides is 1. The summed E-state index contributed by atoms with van der Waals surface area (Å²) in [4.78, 5) is 33.4. The SMILES string of the molecule is CCC(C)NCC(=O)N[C@@H](CCC(=O)OC)C(=O)O. The molecular formula is C12H22N2O5. The molecule has 110 valence electrons. The summed E-state index contributed by atoms with van der Waals surface area (Å²) in [5, 5.41) is 14.3. The molecule has 0 aromatic rings. The highest BCUT2D eigenvalue weighted by molar-refractivity contribution is 5.85. The summed E-state index contributed by atoms with van der Waals surface area (Å²) in [5.74, 6) is -2.07. The van der Waals surface area contributed by atoms with Crippen LogP contribution in [0.3, 0.4) is 0 Å². The lowest BCUT2D eigenvalue weighted by atomic mass is 10.1. The number of aliphatic carboxylic acids is 1. The molecule has 3 N–H and O–H groups in total. The first-order valence-electron chi connectivity index (χ1n) is 6.23. The number of carbonyl (C=O) groups is 3. The first kappa shape index (κ1) is 17.4. The summed E-state index contributed by atoms with van der Waals surface area (Å²) >= 11 is 0. The number of ether oxygens (including phenoxy) is 1. The van der Waals surface area contributed by atoms with Crippen molar-refractivity contribution < 1.29 is 24.2 Å². The molecular weight excluding hydrogens is 252 g/mol. The van der Waals surface area contributed by atoms with Gasteiger partial charge in [-0.25, -0.2) is 4.79 Å². The van der Waals surface area contributed by atoms with Crippen LogP contribution in [0.15, 0.2) is 0 Å². The summed E-state index contributed by atoms with van der Waals surface area (Å²) in [6, 6.07) is -0.894. The van der Waals surface area contributed by atoms with Crippen molar-refractivity contribution in [3.8, 4) is 0 Å². The van der Waals surface area contributed by atoms with E-state index in [-0.39, 0.29) is 25.4 Å². The second-order valence-electron chi connectivity index (χ2n) is 4.26. The zero-order chi connectivity index (χ0) is 14.8. The average molecular weight is 274 g/mol. The van der Waals surface area contributed by atoms with Gasteiger partial charge in [-0.2, -0.15) is 0 Å². The maximum atomic E-state index is 11.5. The molecule has 0 fully saturated rings. The maximum absolute atomic E-state index is 11.5. The quantitative estimate of drug-likeness (QED) is 0.507. The number of methoxy groups -OCH3 is 1. The van der Waals surface area contributed by atoms with Crippen LogP contribution in [0, 0.1) is 0 Å². The van der Waals surface area contributed by atoms with E-state index in [2.05, 4.69) is 15.4 Å². The topological polar surface area (TPSA) is 105 Å².